The molecule has 2 aromatic heterocycles. The number of hydrogen-bond acceptors (Lipinski definition) is 6. The highest BCUT2D eigenvalue weighted by atomic mass is 19.1. The van der Waals surface area contributed by atoms with Crippen molar-refractivity contribution < 1.29 is 27.8 Å². The summed E-state index contributed by atoms with van der Waals surface area (Å²) in [7, 11) is 2.43. The predicted octanol–water partition coefficient (Wildman–Crippen LogP) is 5.20. The molecule has 39 heavy (non-hydrogen) atoms. The number of nitrogens with one attached hydrogen (secondary N) is 1. The van der Waals surface area contributed by atoms with Gasteiger partial charge in [0.25, 0.3) is 11.8 Å². The second-order valence-corrected chi connectivity index (χ2v) is 9.17. The smallest absolute Gasteiger partial charge is 0.272 e. The molecule has 1 saturated heterocycles. The van der Waals surface area contributed by atoms with Gasteiger partial charge in [0.1, 0.15) is 11.3 Å². The van der Waals surface area contributed by atoms with Gasteiger partial charge in [-0.05, 0) is 60.7 Å². The minimum atomic E-state index is -1.11. The fourth-order valence-electron chi connectivity index (χ4n) is 4.77. The number of piperidine rings is 1. The Morgan fingerprint density at radius 3 is 2.26 bits per heavy atom. The molecule has 0 saturated carbocycles. The molecule has 1 N–H and O–H groups in total. The zero-order valence-electron chi connectivity index (χ0n) is 21.4. The van der Waals surface area contributed by atoms with Gasteiger partial charge < -0.3 is 19.7 Å². The molecular formula is C29H26F2N4O4. The zero-order valence-corrected chi connectivity index (χ0v) is 21.4. The first-order valence-corrected chi connectivity index (χ1v) is 12.4. The number of hydrogen-bond donors (Lipinski definition) is 1. The van der Waals surface area contributed by atoms with Crippen LogP contribution in [0.4, 0.5) is 14.5 Å². The van der Waals surface area contributed by atoms with E-state index in [4.69, 9.17) is 9.47 Å². The molecule has 0 bridgehead atoms. The third-order valence-corrected chi connectivity index (χ3v) is 6.91. The molecule has 1 fully saturated rings. The molecule has 5 rings (SSSR count). The van der Waals surface area contributed by atoms with Crippen molar-refractivity contribution in [3.63, 3.8) is 0 Å². The lowest BCUT2D eigenvalue weighted by atomic mass is 9.89. The van der Waals surface area contributed by atoms with Crippen LogP contribution >= 0.6 is 0 Å². The first-order valence-electron chi connectivity index (χ1n) is 12.4. The number of halogens is 2. The van der Waals surface area contributed by atoms with Crippen molar-refractivity contribution in [2.24, 2.45) is 0 Å². The standard InChI is InChI=1S/C29H26F2N4O4/c1-38-22-16-23(39-2)26(31)24(25(22)30)28(36)33-20-8-5-17(6-9-20)18-11-14-35(15-12-18)29(37)21-10-7-19-4-3-13-32-27(19)34-21/h3-10,13,16,18H,11-12,14-15H2,1-2H3,(H,33,36). The molecule has 3 heterocycles. The van der Waals surface area contributed by atoms with Crippen molar-refractivity contribution in [3.8, 4) is 11.5 Å². The van der Waals surface area contributed by atoms with E-state index in [2.05, 4.69) is 15.3 Å². The lowest BCUT2D eigenvalue weighted by Crippen LogP contribution is -2.38. The van der Waals surface area contributed by atoms with Crippen molar-refractivity contribution >= 4 is 28.5 Å². The molecule has 0 unspecified atom stereocenters. The number of nitrogens with zero attached hydrogens (tertiary/aromatic N) is 3. The number of ether oxygens (including phenoxy) is 2. The topological polar surface area (TPSA) is 93.7 Å². The monoisotopic (exact) mass is 532 g/mol. The van der Waals surface area contributed by atoms with Gasteiger partial charge in [-0.3, -0.25) is 9.59 Å². The Bertz CT molecular complexity index is 1510. The van der Waals surface area contributed by atoms with Crippen molar-refractivity contribution in [2.75, 3.05) is 32.6 Å². The molecule has 8 nitrogen and oxygen atoms in total. The van der Waals surface area contributed by atoms with Crippen molar-refractivity contribution in [2.45, 2.75) is 18.8 Å². The van der Waals surface area contributed by atoms with E-state index < -0.39 is 23.1 Å². The van der Waals surface area contributed by atoms with E-state index >= 15 is 0 Å². The molecule has 0 radical (unpaired) electrons. The number of anilines is 1. The van der Waals surface area contributed by atoms with Crippen LogP contribution in [0.1, 0.15) is 45.2 Å². The van der Waals surface area contributed by atoms with Crippen LogP contribution in [0, 0.1) is 11.6 Å². The number of methoxy groups -OCH3 is 2. The first kappa shape index (κ1) is 26.0. The molecule has 2 aromatic carbocycles. The maximum Gasteiger partial charge on any atom is 0.272 e. The Morgan fingerprint density at radius 1 is 0.949 bits per heavy atom. The quantitative estimate of drug-likeness (QED) is 0.367. The van der Waals surface area contributed by atoms with Gasteiger partial charge in [0.05, 0.1) is 14.2 Å². The summed E-state index contributed by atoms with van der Waals surface area (Å²) in [4.78, 5) is 36.2. The van der Waals surface area contributed by atoms with E-state index in [1.165, 1.54) is 14.2 Å². The van der Waals surface area contributed by atoms with Crippen LogP contribution < -0.4 is 14.8 Å². The summed E-state index contributed by atoms with van der Waals surface area (Å²) < 4.78 is 39.1. The second kappa shape index (κ2) is 11.0. The number of carbonyl (C=O) groups excluding carboxylic acids is 2. The second-order valence-electron chi connectivity index (χ2n) is 9.17. The predicted molar refractivity (Wildman–Crippen MR) is 141 cm³/mol. The summed E-state index contributed by atoms with van der Waals surface area (Å²) >= 11 is 0. The fraction of sp³-hybridized carbons (Fsp3) is 0.241. The molecular weight excluding hydrogens is 506 g/mol. The molecule has 0 spiro atoms. The Labute approximate surface area is 223 Å². The van der Waals surface area contributed by atoms with Gasteiger partial charge >= 0.3 is 0 Å². The van der Waals surface area contributed by atoms with Crippen molar-refractivity contribution in [1.82, 2.24) is 14.9 Å². The molecule has 10 heteroatoms. The number of likely N-dealkylation sites (tertiary alicyclic amines) is 1. The van der Waals surface area contributed by atoms with Crippen LogP contribution in [0.15, 0.2) is 60.8 Å². The highest BCUT2D eigenvalue weighted by Gasteiger charge is 2.27. The van der Waals surface area contributed by atoms with Crippen LogP contribution in [0.2, 0.25) is 0 Å². The van der Waals surface area contributed by atoms with E-state index in [0.717, 1.165) is 29.9 Å². The highest BCUT2D eigenvalue weighted by molar-refractivity contribution is 6.05. The summed E-state index contributed by atoms with van der Waals surface area (Å²) in [5.74, 6) is -3.67. The first-order chi connectivity index (χ1) is 18.9. The molecule has 4 aromatic rings. The SMILES string of the molecule is COc1cc(OC)c(F)c(C(=O)Nc2ccc(C3CCN(C(=O)c4ccc5cccnc5n4)CC3)cc2)c1F. The molecule has 1 aliphatic rings. The van der Waals surface area contributed by atoms with Gasteiger partial charge in [-0.1, -0.05) is 12.1 Å². The Kier molecular flexibility index (Phi) is 7.36. The number of aromatic nitrogens is 2. The maximum absolute atomic E-state index is 14.7. The van der Waals surface area contributed by atoms with Crippen molar-refractivity contribution in [3.05, 3.63) is 89.2 Å². The van der Waals surface area contributed by atoms with Crippen LogP contribution in [-0.2, 0) is 0 Å². The summed E-state index contributed by atoms with van der Waals surface area (Å²) in [6.07, 6.45) is 3.19. The lowest BCUT2D eigenvalue weighted by molar-refractivity contribution is 0.0707. The summed E-state index contributed by atoms with van der Waals surface area (Å²) in [5, 5.41) is 3.41. The van der Waals surface area contributed by atoms with Gasteiger partial charge in [0.15, 0.2) is 28.8 Å². The average molecular weight is 533 g/mol. The van der Waals surface area contributed by atoms with Crippen LogP contribution in [-0.4, -0.2) is 54.0 Å². The maximum atomic E-state index is 14.7. The number of carbonyl (C=O) groups is 2. The molecule has 0 atom stereocenters. The number of pyridine rings is 2. The lowest BCUT2D eigenvalue weighted by Gasteiger charge is -2.32. The molecule has 200 valence electrons. The number of rotatable bonds is 6. The van der Waals surface area contributed by atoms with Crippen LogP contribution in [0.3, 0.4) is 0 Å². The third kappa shape index (κ3) is 5.22. The third-order valence-electron chi connectivity index (χ3n) is 6.91. The Morgan fingerprint density at radius 2 is 1.62 bits per heavy atom. The fourth-order valence-corrected chi connectivity index (χ4v) is 4.77. The van der Waals surface area contributed by atoms with E-state index in [1.54, 1.807) is 29.3 Å². The van der Waals surface area contributed by atoms with Gasteiger partial charge in [-0.25, -0.2) is 18.7 Å². The Balaban J connectivity index is 1.22. The molecule has 0 aliphatic carbocycles. The summed E-state index contributed by atoms with van der Waals surface area (Å²) in [6.45, 7) is 1.17. The minimum absolute atomic E-state index is 0.118. The average Bonchev–Trinajstić information content (AvgIpc) is 2.97. The van der Waals surface area contributed by atoms with Gasteiger partial charge in [0, 0.05) is 36.4 Å². The van der Waals surface area contributed by atoms with E-state index in [1.807, 2.05) is 30.3 Å². The van der Waals surface area contributed by atoms with Crippen LogP contribution in [0.5, 0.6) is 11.5 Å². The summed E-state index contributed by atoms with van der Waals surface area (Å²) in [6, 6.07) is 15.5. The molecule has 2 amide bonds. The number of benzene rings is 2. The highest BCUT2D eigenvalue weighted by Crippen LogP contribution is 2.33. The number of amides is 2. The largest absolute Gasteiger partial charge is 0.494 e. The Hall–Kier alpha value is -4.60. The van der Waals surface area contributed by atoms with Gasteiger partial charge in [-0.15, -0.1) is 0 Å². The van der Waals surface area contributed by atoms with E-state index in [-0.39, 0.29) is 23.3 Å². The van der Waals surface area contributed by atoms with E-state index in [0.29, 0.717) is 30.1 Å². The zero-order chi connectivity index (χ0) is 27.5. The van der Waals surface area contributed by atoms with Crippen LogP contribution in [0.25, 0.3) is 11.0 Å². The van der Waals surface area contributed by atoms with Gasteiger partial charge in [0.2, 0.25) is 0 Å². The summed E-state index contributed by atoms with van der Waals surface area (Å²) in [5.41, 5.74) is 1.56. The van der Waals surface area contributed by atoms with Gasteiger partial charge in [-0.2, -0.15) is 0 Å². The van der Waals surface area contributed by atoms with E-state index in [9.17, 15) is 18.4 Å². The molecule has 1 aliphatic heterocycles. The van der Waals surface area contributed by atoms with Crippen molar-refractivity contribution in [1.29, 1.82) is 0 Å². The minimum Gasteiger partial charge on any atom is -0.494 e. The normalized spacial score (nSPS) is 13.8. The number of fused-ring (bicyclic) bond motifs is 1.